The van der Waals surface area contributed by atoms with Gasteiger partial charge in [-0.3, -0.25) is 4.79 Å². The minimum absolute atomic E-state index is 0.292. The molecule has 0 N–H and O–H groups in total. The molecule has 0 radical (unpaired) electrons. The molecule has 0 aliphatic carbocycles. The molecule has 7 heteroatoms. The van der Waals surface area contributed by atoms with Gasteiger partial charge in [-0.2, -0.15) is 0 Å². The van der Waals surface area contributed by atoms with Gasteiger partial charge in [0.15, 0.2) is 0 Å². The summed E-state index contributed by atoms with van der Waals surface area (Å²) in [5.41, 5.74) is 3.20. The van der Waals surface area contributed by atoms with Crippen molar-refractivity contribution >= 4 is 28.8 Å². The maximum Gasteiger partial charge on any atom is 0.319 e. The summed E-state index contributed by atoms with van der Waals surface area (Å²) in [6.07, 6.45) is 3.40. The Morgan fingerprint density at radius 1 is 1.17 bits per heavy atom. The number of halogens is 1. The second kappa shape index (κ2) is 8.67. The molecule has 2 heterocycles. The highest BCUT2D eigenvalue weighted by Gasteiger charge is 2.22. The van der Waals surface area contributed by atoms with Gasteiger partial charge in [0.25, 0.3) is 0 Å². The first-order chi connectivity index (χ1) is 14.6. The van der Waals surface area contributed by atoms with Gasteiger partial charge in [0.1, 0.15) is 28.1 Å². The van der Waals surface area contributed by atoms with Gasteiger partial charge in [-0.1, -0.05) is 48.2 Å². The van der Waals surface area contributed by atoms with E-state index in [-0.39, 0.29) is 11.8 Å². The molecule has 2 aromatic heterocycles. The van der Waals surface area contributed by atoms with Gasteiger partial charge >= 0.3 is 5.97 Å². The summed E-state index contributed by atoms with van der Waals surface area (Å²) < 4.78 is 20.9. The Balaban J connectivity index is 1.91. The summed E-state index contributed by atoms with van der Waals surface area (Å²) in [6, 6.07) is 16.2. The second-order valence-electron chi connectivity index (χ2n) is 6.65. The lowest BCUT2D eigenvalue weighted by molar-refractivity contribution is -0.142. The fourth-order valence-electron chi connectivity index (χ4n) is 3.26. The number of rotatable bonds is 6. The number of esters is 1. The quantitative estimate of drug-likeness (QED) is 0.241. The highest BCUT2D eigenvalue weighted by Crippen LogP contribution is 2.38. The maximum absolute atomic E-state index is 13.9. The van der Waals surface area contributed by atoms with E-state index in [1.807, 2.05) is 47.2 Å². The van der Waals surface area contributed by atoms with E-state index in [4.69, 9.17) is 4.74 Å². The molecule has 0 saturated heterocycles. The number of ether oxygens (including phenoxy) is 1. The lowest BCUT2D eigenvalue weighted by atomic mass is 10.1. The van der Waals surface area contributed by atoms with Crippen LogP contribution in [-0.2, 0) is 9.53 Å². The molecule has 30 heavy (non-hydrogen) atoms. The summed E-state index contributed by atoms with van der Waals surface area (Å²) >= 11 is 1.33. The molecule has 4 aromatic rings. The van der Waals surface area contributed by atoms with Crippen LogP contribution in [0.4, 0.5) is 4.39 Å². The smallest absolute Gasteiger partial charge is 0.319 e. The molecule has 1 atom stereocenters. The largest absolute Gasteiger partial charge is 0.465 e. The van der Waals surface area contributed by atoms with Gasteiger partial charge in [-0.15, -0.1) is 0 Å². The first-order valence-corrected chi connectivity index (χ1v) is 10.5. The van der Waals surface area contributed by atoms with Gasteiger partial charge in [-0.05, 0) is 37.6 Å². The molecule has 0 aliphatic heterocycles. The predicted molar refractivity (Wildman–Crippen MR) is 116 cm³/mol. The molecular formula is C23H20FN3O2S. The first kappa shape index (κ1) is 20.1. The summed E-state index contributed by atoms with van der Waals surface area (Å²) in [4.78, 5) is 21.1. The fraction of sp³-hybridized carbons (Fsp3) is 0.174. The number of carbonyl (C=O) groups excluding carboxylic acids is 1. The van der Waals surface area contributed by atoms with Crippen LogP contribution in [-0.4, -0.2) is 32.4 Å². The normalized spacial score (nSPS) is 12.1. The zero-order valence-corrected chi connectivity index (χ0v) is 17.4. The van der Waals surface area contributed by atoms with Crippen molar-refractivity contribution in [1.29, 1.82) is 0 Å². The van der Waals surface area contributed by atoms with E-state index in [0.29, 0.717) is 23.0 Å². The van der Waals surface area contributed by atoms with Crippen LogP contribution in [0.1, 0.15) is 13.8 Å². The topological polar surface area (TPSA) is 57.0 Å². The molecule has 0 aliphatic rings. The van der Waals surface area contributed by atoms with Crippen LogP contribution in [0.2, 0.25) is 0 Å². The molecule has 0 fully saturated rings. The van der Waals surface area contributed by atoms with E-state index in [1.165, 1.54) is 30.2 Å². The van der Waals surface area contributed by atoms with E-state index in [1.54, 1.807) is 19.9 Å². The van der Waals surface area contributed by atoms with Crippen molar-refractivity contribution in [2.75, 3.05) is 6.61 Å². The van der Waals surface area contributed by atoms with Crippen LogP contribution in [0, 0.1) is 5.82 Å². The number of hydrogen-bond donors (Lipinski definition) is 0. The molecule has 0 bridgehead atoms. The SMILES string of the molecule is CCOC(=O)C(C)Sc1ncnc2c1c(-c1ccccc1)cn2-c1cccc(F)c1. The average Bonchev–Trinajstić information content (AvgIpc) is 3.15. The number of hydrogen-bond acceptors (Lipinski definition) is 5. The summed E-state index contributed by atoms with van der Waals surface area (Å²) in [6.45, 7) is 3.90. The number of fused-ring (bicyclic) bond motifs is 1. The van der Waals surface area contributed by atoms with Crippen LogP contribution in [0.15, 0.2) is 72.1 Å². The molecule has 5 nitrogen and oxygen atoms in total. The van der Waals surface area contributed by atoms with Gasteiger partial charge in [0.05, 0.1) is 12.0 Å². The van der Waals surface area contributed by atoms with Crippen molar-refractivity contribution < 1.29 is 13.9 Å². The Labute approximate surface area is 177 Å². The molecular weight excluding hydrogens is 401 g/mol. The maximum atomic E-state index is 13.9. The number of carbonyl (C=O) groups is 1. The fourth-order valence-corrected chi connectivity index (χ4v) is 4.18. The summed E-state index contributed by atoms with van der Waals surface area (Å²) in [5.74, 6) is -0.615. The standard InChI is InChI=1S/C23H20FN3O2S/c1-3-29-23(28)15(2)30-22-20-19(16-8-5-4-6-9-16)13-27(21(20)25-14-26-22)18-11-7-10-17(24)12-18/h4-15H,3H2,1-2H3. The van der Waals surface area contributed by atoms with Gasteiger partial charge in [-0.25, -0.2) is 14.4 Å². The van der Waals surface area contributed by atoms with Crippen LogP contribution >= 0.6 is 11.8 Å². The second-order valence-corrected chi connectivity index (χ2v) is 7.98. The van der Waals surface area contributed by atoms with Crippen LogP contribution < -0.4 is 0 Å². The molecule has 152 valence electrons. The Bertz CT molecular complexity index is 1190. The lowest BCUT2D eigenvalue weighted by Crippen LogP contribution is -2.16. The van der Waals surface area contributed by atoms with E-state index in [0.717, 1.165) is 16.5 Å². The molecule has 4 rings (SSSR count). The Hall–Kier alpha value is -3.19. The highest BCUT2D eigenvalue weighted by molar-refractivity contribution is 8.00. The van der Waals surface area contributed by atoms with E-state index < -0.39 is 5.25 Å². The highest BCUT2D eigenvalue weighted by atomic mass is 32.2. The van der Waals surface area contributed by atoms with Crippen molar-refractivity contribution in [1.82, 2.24) is 14.5 Å². The Morgan fingerprint density at radius 2 is 1.97 bits per heavy atom. The molecule has 0 amide bonds. The van der Waals surface area contributed by atoms with Crippen LogP contribution in [0.25, 0.3) is 27.8 Å². The predicted octanol–water partition coefficient (Wildman–Crippen LogP) is 5.27. The third kappa shape index (κ3) is 3.93. The minimum Gasteiger partial charge on any atom is -0.465 e. The zero-order chi connectivity index (χ0) is 21.1. The van der Waals surface area contributed by atoms with Crippen LogP contribution in [0.3, 0.4) is 0 Å². The van der Waals surface area contributed by atoms with Crippen molar-refractivity contribution in [3.63, 3.8) is 0 Å². The number of benzene rings is 2. The van der Waals surface area contributed by atoms with Crippen LogP contribution in [0.5, 0.6) is 0 Å². The monoisotopic (exact) mass is 421 g/mol. The van der Waals surface area contributed by atoms with Gasteiger partial charge in [0, 0.05) is 17.4 Å². The molecule has 0 saturated carbocycles. The zero-order valence-electron chi connectivity index (χ0n) is 16.6. The van der Waals surface area contributed by atoms with Gasteiger partial charge < -0.3 is 9.30 Å². The van der Waals surface area contributed by atoms with E-state index in [2.05, 4.69) is 9.97 Å². The number of nitrogens with zero attached hydrogens (tertiary/aromatic N) is 3. The van der Waals surface area contributed by atoms with Crippen molar-refractivity contribution in [2.24, 2.45) is 0 Å². The third-order valence-electron chi connectivity index (χ3n) is 4.63. The molecule has 1 unspecified atom stereocenters. The van der Waals surface area contributed by atoms with E-state index >= 15 is 0 Å². The third-order valence-corrected chi connectivity index (χ3v) is 5.71. The lowest BCUT2D eigenvalue weighted by Gasteiger charge is -2.11. The summed E-state index contributed by atoms with van der Waals surface area (Å²) in [5, 5.41) is 1.06. The number of thioether (sulfide) groups is 1. The van der Waals surface area contributed by atoms with Crippen molar-refractivity contribution in [3.05, 3.63) is 72.9 Å². The van der Waals surface area contributed by atoms with Crippen molar-refractivity contribution in [2.45, 2.75) is 24.1 Å². The summed E-state index contributed by atoms with van der Waals surface area (Å²) in [7, 11) is 0. The Kier molecular flexibility index (Phi) is 5.81. The minimum atomic E-state index is -0.427. The van der Waals surface area contributed by atoms with E-state index in [9.17, 15) is 9.18 Å². The molecule has 2 aromatic carbocycles. The molecule has 0 spiro atoms. The average molecular weight is 421 g/mol. The first-order valence-electron chi connectivity index (χ1n) is 9.59. The Morgan fingerprint density at radius 3 is 2.70 bits per heavy atom. The van der Waals surface area contributed by atoms with Gasteiger partial charge in [0.2, 0.25) is 0 Å². The van der Waals surface area contributed by atoms with Crippen molar-refractivity contribution in [3.8, 4) is 16.8 Å². The number of aromatic nitrogens is 3.